The fourth-order valence-electron chi connectivity index (χ4n) is 5.41. The molecule has 178 valence electrons. The average molecular weight is 474 g/mol. The monoisotopic (exact) mass is 473 g/mol. The maximum atomic E-state index is 13.5. The number of urea groups is 1. The van der Waals surface area contributed by atoms with E-state index in [0.717, 1.165) is 12.0 Å². The molecule has 0 radical (unpaired) electrons. The fourth-order valence-corrected chi connectivity index (χ4v) is 5.54. The molecular weight excluding hydrogens is 442 g/mol. The summed E-state index contributed by atoms with van der Waals surface area (Å²) in [6.45, 7) is 11.0. The first-order chi connectivity index (χ1) is 15.5. The van der Waals surface area contributed by atoms with Crippen LogP contribution in [-0.2, 0) is 11.3 Å². The Morgan fingerprint density at radius 1 is 1.21 bits per heavy atom. The summed E-state index contributed by atoms with van der Waals surface area (Å²) in [4.78, 5) is 29.7. The molecule has 9 heteroatoms. The van der Waals surface area contributed by atoms with Crippen LogP contribution in [0.3, 0.4) is 0 Å². The minimum atomic E-state index is -0.812. The number of nitrogens with zero attached hydrogens (tertiary/aromatic N) is 4. The van der Waals surface area contributed by atoms with Crippen molar-refractivity contribution in [1.82, 2.24) is 25.3 Å². The Kier molecular flexibility index (Phi) is 6.26. The molecule has 1 aliphatic heterocycles. The predicted molar refractivity (Wildman–Crippen MR) is 125 cm³/mol. The van der Waals surface area contributed by atoms with Crippen molar-refractivity contribution in [2.45, 2.75) is 72.0 Å². The normalized spacial score (nSPS) is 24.8. The summed E-state index contributed by atoms with van der Waals surface area (Å²) in [5, 5.41) is 12.0. The van der Waals surface area contributed by atoms with Crippen molar-refractivity contribution in [3.8, 4) is 11.5 Å². The molecule has 2 atom stereocenters. The van der Waals surface area contributed by atoms with E-state index in [4.69, 9.17) is 16.0 Å². The van der Waals surface area contributed by atoms with Crippen molar-refractivity contribution in [2.24, 2.45) is 11.3 Å². The van der Waals surface area contributed by atoms with Gasteiger partial charge in [-0.3, -0.25) is 9.69 Å². The first-order valence-corrected chi connectivity index (χ1v) is 11.8. The third-order valence-corrected chi connectivity index (χ3v) is 6.83. The lowest BCUT2D eigenvalue weighted by Gasteiger charge is -2.44. The van der Waals surface area contributed by atoms with Gasteiger partial charge in [0.25, 0.3) is 5.91 Å². The van der Waals surface area contributed by atoms with E-state index in [2.05, 4.69) is 36.3 Å². The highest BCUT2D eigenvalue weighted by molar-refractivity contribution is 6.30. The third-order valence-electron chi connectivity index (χ3n) is 6.57. The Labute approximate surface area is 199 Å². The number of benzene rings is 1. The van der Waals surface area contributed by atoms with Crippen molar-refractivity contribution < 1.29 is 14.0 Å². The third kappa shape index (κ3) is 4.92. The van der Waals surface area contributed by atoms with Crippen LogP contribution in [0, 0.1) is 11.3 Å². The Bertz CT molecular complexity index is 1030. The highest BCUT2D eigenvalue weighted by Crippen LogP contribution is 2.46. The van der Waals surface area contributed by atoms with Gasteiger partial charge in [0.2, 0.25) is 11.8 Å². The number of nitrogens with one attached hydrogen (secondary N) is 1. The van der Waals surface area contributed by atoms with Gasteiger partial charge in [-0.05, 0) is 68.7 Å². The van der Waals surface area contributed by atoms with Crippen LogP contribution >= 0.6 is 11.6 Å². The maximum Gasteiger partial charge on any atom is 0.326 e. The smallest absolute Gasteiger partial charge is 0.326 e. The molecule has 1 aliphatic carbocycles. The van der Waals surface area contributed by atoms with E-state index in [1.54, 1.807) is 12.1 Å². The van der Waals surface area contributed by atoms with Gasteiger partial charge in [-0.15, -0.1) is 10.2 Å². The fraction of sp³-hybridized carbons (Fsp3) is 0.583. The molecule has 1 saturated heterocycles. The first-order valence-electron chi connectivity index (χ1n) is 11.4. The van der Waals surface area contributed by atoms with Gasteiger partial charge in [-0.1, -0.05) is 32.4 Å². The van der Waals surface area contributed by atoms with Crippen molar-refractivity contribution in [1.29, 1.82) is 0 Å². The molecule has 2 aromatic rings. The summed E-state index contributed by atoms with van der Waals surface area (Å²) in [5.41, 5.74) is -0.0390. The highest BCUT2D eigenvalue weighted by atomic mass is 35.5. The van der Waals surface area contributed by atoms with Crippen LogP contribution in [0.1, 0.15) is 59.8 Å². The maximum absolute atomic E-state index is 13.5. The lowest BCUT2D eigenvalue weighted by atomic mass is 9.64. The summed E-state index contributed by atoms with van der Waals surface area (Å²) in [7, 11) is 0. The average Bonchev–Trinajstić information content (AvgIpc) is 3.25. The zero-order valence-electron chi connectivity index (χ0n) is 19.9. The van der Waals surface area contributed by atoms with Crippen LogP contribution in [-0.4, -0.2) is 50.2 Å². The second-order valence-electron chi connectivity index (χ2n) is 10.6. The second-order valence-corrected chi connectivity index (χ2v) is 11.0. The summed E-state index contributed by atoms with van der Waals surface area (Å²) in [6.07, 6.45) is 2.37. The Balaban J connectivity index is 1.49. The molecule has 3 amide bonds. The molecule has 1 spiro atoms. The van der Waals surface area contributed by atoms with E-state index in [9.17, 15) is 9.59 Å². The molecule has 2 heterocycles. The number of carbonyl (C=O) groups is 2. The van der Waals surface area contributed by atoms with E-state index in [0.29, 0.717) is 42.1 Å². The van der Waals surface area contributed by atoms with Crippen molar-refractivity contribution in [2.75, 3.05) is 6.67 Å². The van der Waals surface area contributed by atoms with E-state index in [1.165, 1.54) is 4.90 Å². The van der Waals surface area contributed by atoms with Crippen LogP contribution in [0.15, 0.2) is 28.7 Å². The molecule has 0 unspecified atom stereocenters. The number of aromatic nitrogens is 2. The number of hydrogen-bond donors (Lipinski definition) is 1. The zero-order chi connectivity index (χ0) is 24.0. The van der Waals surface area contributed by atoms with Gasteiger partial charge in [-0.25, -0.2) is 9.69 Å². The summed E-state index contributed by atoms with van der Waals surface area (Å²) >= 11 is 5.95. The van der Waals surface area contributed by atoms with Crippen LogP contribution in [0.5, 0.6) is 0 Å². The lowest BCUT2D eigenvalue weighted by molar-refractivity contribution is -0.136. The quantitative estimate of drug-likeness (QED) is 0.611. The molecular formula is C24H32ClN5O3. The highest BCUT2D eigenvalue weighted by Gasteiger charge is 2.56. The molecule has 2 fully saturated rings. The van der Waals surface area contributed by atoms with Gasteiger partial charge in [0, 0.05) is 16.6 Å². The molecule has 1 N–H and O–H groups in total. The largest absolute Gasteiger partial charge is 0.419 e. The Morgan fingerprint density at radius 3 is 2.55 bits per heavy atom. The topological polar surface area (TPSA) is 91.6 Å². The zero-order valence-corrected chi connectivity index (χ0v) is 20.6. The van der Waals surface area contributed by atoms with Gasteiger partial charge in [0.05, 0.1) is 13.2 Å². The standard InChI is InChI=1S/C24H32ClN5O3/c1-15(2)29(12-19-27-28-20(33-19)17-6-8-18(25)9-7-17)14-30-21(31)24(26-22(30)32)11-16(3)10-23(4,5)13-24/h6-9,15-16H,10-14H2,1-5H3,(H,26,32)/t16-,24+/m0/s1. The van der Waals surface area contributed by atoms with Gasteiger partial charge in [0.15, 0.2) is 0 Å². The molecule has 33 heavy (non-hydrogen) atoms. The number of amides is 3. The van der Waals surface area contributed by atoms with Gasteiger partial charge in [0.1, 0.15) is 5.54 Å². The molecule has 8 nitrogen and oxygen atoms in total. The molecule has 1 saturated carbocycles. The number of hydrogen-bond acceptors (Lipinski definition) is 6. The minimum Gasteiger partial charge on any atom is -0.419 e. The molecule has 1 aromatic carbocycles. The second kappa shape index (κ2) is 8.72. The van der Waals surface area contributed by atoms with Gasteiger partial charge < -0.3 is 9.73 Å². The molecule has 1 aromatic heterocycles. The number of imide groups is 1. The van der Waals surface area contributed by atoms with E-state index in [-0.39, 0.29) is 30.1 Å². The van der Waals surface area contributed by atoms with Gasteiger partial charge in [-0.2, -0.15) is 0 Å². The van der Waals surface area contributed by atoms with Crippen molar-refractivity contribution in [3.05, 3.63) is 35.2 Å². The number of rotatable bonds is 6. The van der Waals surface area contributed by atoms with Crippen molar-refractivity contribution in [3.63, 3.8) is 0 Å². The van der Waals surface area contributed by atoms with E-state index in [1.807, 2.05) is 30.9 Å². The molecule has 2 aliphatic rings. The predicted octanol–water partition coefficient (Wildman–Crippen LogP) is 4.69. The van der Waals surface area contributed by atoms with Crippen LogP contribution < -0.4 is 5.32 Å². The Hall–Kier alpha value is -2.45. The van der Waals surface area contributed by atoms with Gasteiger partial charge >= 0.3 is 6.03 Å². The van der Waals surface area contributed by atoms with Crippen LogP contribution in [0.2, 0.25) is 5.02 Å². The SMILES string of the molecule is CC(C)N(Cc1nnc(-c2ccc(Cl)cc2)o1)CN1C(=O)N[C@@]2(C[C@@H](C)CC(C)(C)C2)C1=O. The lowest BCUT2D eigenvalue weighted by Crippen LogP contribution is -2.54. The van der Waals surface area contributed by atoms with Crippen LogP contribution in [0.4, 0.5) is 4.79 Å². The van der Waals surface area contributed by atoms with E-state index >= 15 is 0 Å². The first kappa shape index (κ1) is 23.7. The summed E-state index contributed by atoms with van der Waals surface area (Å²) in [6, 6.07) is 6.89. The minimum absolute atomic E-state index is 0.00379. The van der Waals surface area contributed by atoms with E-state index < -0.39 is 5.54 Å². The summed E-state index contributed by atoms with van der Waals surface area (Å²) in [5.74, 6) is 1.05. The van der Waals surface area contributed by atoms with Crippen molar-refractivity contribution >= 4 is 23.5 Å². The Morgan fingerprint density at radius 2 is 1.91 bits per heavy atom. The number of carbonyl (C=O) groups excluding carboxylic acids is 2. The molecule has 4 rings (SSSR count). The summed E-state index contributed by atoms with van der Waals surface area (Å²) < 4.78 is 5.85. The molecule has 0 bridgehead atoms. The number of halogens is 1. The van der Waals surface area contributed by atoms with Crippen LogP contribution in [0.25, 0.3) is 11.5 Å².